The Balaban J connectivity index is 1.34. The molecular formula is C34H42N4O7. The van der Waals surface area contributed by atoms with E-state index in [0.29, 0.717) is 35.9 Å². The Kier molecular flexibility index (Phi) is 9.02. The highest BCUT2D eigenvalue weighted by Gasteiger charge is 2.49. The Hall–Kier alpha value is -4.25. The number of para-hydroxylation sites is 1. The fourth-order valence-electron chi connectivity index (χ4n) is 7.79. The first-order valence-electron chi connectivity index (χ1n) is 15.6. The van der Waals surface area contributed by atoms with Gasteiger partial charge in [0.05, 0.1) is 5.60 Å². The molecule has 11 heteroatoms. The summed E-state index contributed by atoms with van der Waals surface area (Å²) in [6.07, 6.45) is 5.29. The lowest BCUT2D eigenvalue weighted by atomic mass is 9.57. The van der Waals surface area contributed by atoms with Crippen LogP contribution in [0, 0.1) is 24.2 Å². The largest absolute Gasteiger partial charge is 0.451 e. The molecule has 3 aromatic rings. The van der Waals surface area contributed by atoms with E-state index in [0.717, 1.165) is 31.1 Å². The van der Waals surface area contributed by atoms with Crippen molar-refractivity contribution in [1.82, 2.24) is 15.2 Å². The average molecular weight is 619 g/mol. The zero-order chi connectivity index (χ0) is 32.5. The lowest BCUT2D eigenvalue weighted by molar-refractivity contribution is -0.137. The normalized spacial score (nSPS) is 24.9. The van der Waals surface area contributed by atoms with Gasteiger partial charge in [-0.15, -0.1) is 0 Å². The molecule has 2 bridgehead atoms. The molecule has 11 nitrogen and oxygen atoms in total. The quantitative estimate of drug-likeness (QED) is 0.252. The van der Waals surface area contributed by atoms with Crippen molar-refractivity contribution in [3.05, 3.63) is 64.3 Å². The van der Waals surface area contributed by atoms with Crippen LogP contribution in [0.3, 0.4) is 0 Å². The summed E-state index contributed by atoms with van der Waals surface area (Å²) in [5.41, 5.74) is -0.327. The highest BCUT2D eigenvalue weighted by Crippen LogP contribution is 2.52. The number of likely N-dealkylation sites (N-methyl/N-ethyl adjacent to an activating group) is 1. The minimum absolute atomic E-state index is 0.0197. The van der Waals surface area contributed by atoms with Crippen molar-refractivity contribution in [1.29, 1.82) is 0 Å². The number of aliphatic hydroxyl groups is 1. The van der Waals surface area contributed by atoms with Crippen LogP contribution in [-0.2, 0) is 20.9 Å². The number of fused-ring (bicyclic) bond motifs is 3. The number of hydrogen-bond donors (Lipinski definition) is 4. The minimum Gasteiger partial charge on any atom is -0.451 e. The number of carbonyl (C=O) groups is 4. The molecule has 2 saturated carbocycles. The van der Waals surface area contributed by atoms with Gasteiger partial charge in [0.1, 0.15) is 17.3 Å². The second-order valence-corrected chi connectivity index (χ2v) is 13.5. The molecule has 2 fully saturated rings. The number of carbonyl (C=O) groups excluding carboxylic acids is 4. The highest BCUT2D eigenvalue weighted by atomic mass is 16.3. The Bertz CT molecular complexity index is 1690. The summed E-state index contributed by atoms with van der Waals surface area (Å²) in [5.74, 6) is -2.03. The predicted molar refractivity (Wildman–Crippen MR) is 169 cm³/mol. The van der Waals surface area contributed by atoms with Crippen molar-refractivity contribution in [3.63, 3.8) is 0 Å². The summed E-state index contributed by atoms with van der Waals surface area (Å²) in [4.78, 5) is 64.5. The number of nitrogens with one attached hydrogen (secondary N) is 3. The first kappa shape index (κ1) is 32.2. The molecule has 0 aliphatic heterocycles. The van der Waals surface area contributed by atoms with Gasteiger partial charge in [-0.05, 0) is 80.9 Å². The smallest absolute Gasteiger partial charge is 0.287 e. The van der Waals surface area contributed by atoms with Gasteiger partial charge in [0.2, 0.25) is 11.7 Å². The summed E-state index contributed by atoms with van der Waals surface area (Å²) in [6, 6.07) is 9.05. The SMILES string of the molecule is CNC(=O)C(=O)CCC(NC(=O)c1oc2ccccc2c1C)C(=O)Nc1cccn(CC2(C)CC3CC(C)CC(O)(C3)C2)c1=O. The maximum atomic E-state index is 13.6. The number of benzene rings is 1. The van der Waals surface area contributed by atoms with Crippen molar-refractivity contribution in [2.45, 2.75) is 83.9 Å². The van der Waals surface area contributed by atoms with Crippen molar-refractivity contribution in [2.75, 3.05) is 12.4 Å². The molecule has 0 radical (unpaired) electrons. The van der Waals surface area contributed by atoms with Gasteiger partial charge in [-0.3, -0.25) is 24.0 Å². The van der Waals surface area contributed by atoms with E-state index in [1.54, 1.807) is 35.9 Å². The molecule has 4 N–H and O–H groups in total. The van der Waals surface area contributed by atoms with Crippen LogP contribution in [0.4, 0.5) is 5.69 Å². The topological polar surface area (TPSA) is 160 Å². The molecular weight excluding hydrogens is 576 g/mol. The monoisotopic (exact) mass is 618 g/mol. The van der Waals surface area contributed by atoms with Crippen LogP contribution in [0.15, 0.2) is 51.8 Å². The third-order valence-corrected chi connectivity index (χ3v) is 9.31. The number of nitrogens with zero attached hydrogens (tertiary/aromatic N) is 1. The van der Waals surface area contributed by atoms with Gasteiger partial charge in [-0.25, -0.2) is 0 Å². The first-order chi connectivity index (χ1) is 21.3. The molecule has 2 heterocycles. The number of amides is 3. The van der Waals surface area contributed by atoms with E-state index in [-0.39, 0.29) is 29.7 Å². The number of aromatic nitrogens is 1. The first-order valence-corrected chi connectivity index (χ1v) is 15.6. The van der Waals surface area contributed by atoms with E-state index in [9.17, 15) is 29.1 Å². The Morgan fingerprint density at radius 3 is 2.58 bits per heavy atom. The molecule has 3 amide bonds. The van der Waals surface area contributed by atoms with Crippen LogP contribution in [0.2, 0.25) is 0 Å². The molecule has 5 atom stereocenters. The molecule has 240 valence electrons. The van der Waals surface area contributed by atoms with Gasteiger partial charge in [-0.2, -0.15) is 0 Å². The summed E-state index contributed by atoms with van der Waals surface area (Å²) >= 11 is 0. The van der Waals surface area contributed by atoms with Crippen molar-refractivity contribution in [2.24, 2.45) is 17.3 Å². The minimum atomic E-state index is -1.25. The fourth-order valence-corrected chi connectivity index (χ4v) is 7.79. The Morgan fingerprint density at radius 1 is 1.11 bits per heavy atom. The maximum Gasteiger partial charge on any atom is 0.287 e. The van der Waals surface area contributed by atoms with Crippen molar-refractivity contribution < 1.29 is 28.7 Å². The molecule has 2 aliphatic carbocycles. The van der Waals surface area contributed by atoms with Crippen molar-refractivity contribution in [3.8, 4) is 0 Å². The number of aryl methyl sites for hydroxylation is 1. The number of pyridine rings is 1. The van der Waals surface area contributed by atoms with Gasteiger partial charge < -0.3 is 30.0 Å². The summed E-state index contributed by atoms with van der Waals surface area (Å²) < 4.78 is 7.31. The number of anilines is 1. The van der Waals surface area contributed by atoms with Crippen molar-refractivity contribution >= 4 is 40.2 Å². The van der Waals surface area contributed by atoms with Gasteiger partial charge in [-0.1, -0.05) is 32.0 Å². The summed E-state index contributed by atoms with van der Waals surface area (Å²) in [5, 5.41) is 19.6. The third kappa shape index (κ3) is 7.03. The van der Waals surface area contributed by atoms with Crippen LogP contribution in [0.25, 0.3) is 11.0 Å². The number of hydrogen-bond acceptors (Lipinski definition) is 7. The van der Waals surface area contributed by atoms with Gasteiger partial charge in [0, 0.05) is 37.2 Å². The number of furan rings is 1. The average Bonchev–Trinajstić information content (AvgIpc) is 3.31. The lowest BCUT2D eigenvalue weighted by Gasteiger charge is -2.52. The third-order valence-electron chi connectivity index (χ3n) is 9.31. The van der Waals surface area contributed by atoms with Gasteiger partial charge in [0.15, 0.2) is 5.76 Å². The van der Waals surface area contributed by atoms with E-state index in [4.69, 9.17) is 4.42 Å². The molecule has 1 aromatic carbocycles. The summed E-state index contributed by atoms with van der Waals surface area (Å²) in [7, 11) is 1.33. The maximum absolute atomic E-state index is 13.6. The lowest BCUT2D eigenvalue weighted by Crippen LogP contribution is -2.50. The molecule has 0 spiro atoms. The highest BCUT2D eigenvalue weighted by molar-refractivity contribution is 6.36. The van der Waals surface area contributed by atoms with E-state index in [1.165, 1.54) is 13.1 Å². The molecule has 0 saturated heterocycles. The van der Waals surface area contributed by atoms with Gasteiger partial charge >= 0.3 is 0 Å². The van der Waals surface area contributed by atoms with E-state index in [2.05, 4.69) is 29.8 Å². The predicted octanol–water partition coefficient (Wildman–Crippen LogP) is 3.70. The molecule has 5 rings (SSSR count). The fraction of sp³-hybridized carbons (Fsp3) is 0.500. The standard InChI is InChI=1S/C34H42N4O7/c1-20-14-22-16-33(3,18-34(44,15-20)17-22)19-38-13-7-9-25(32(38)43)37-29(40)24(11-12-26(39)30(41)35-4)36-31(42)28-21(2)23-8-5-6-10-27(23)45-28/h5-10,13,20,22,24,44H,11-12,14-19H2,1-4H3,(H,35,41)(H,36,42)(H,37,40). The Labute approximate surface area is 261 Å². The van der Waals surface area contributed by atoms with E-state index in [1.807, 2.05) is 12.1 Å². The molecule has 2 aromatic heterocycles. The summed E-state index contributed by atoms with van der Waals surface area (Å²) in [6.45, 7) is 6.40. The van der Waals surface area contributed by atoms with Crippen LogP contribution in [0.5, 0.6) is 0 Å². The molecule has 2 aliphatic rings. The zero-order valence-corrected chi connectivity index (χ0v) is 26.3. The number of ketones is 1. The van der Waals surface area contributed by atoms with Crippen LogP contribution < -0.4 is 21.5 Å². The Morgan fingerprint density at radius 2 is 1.87 bits per heavy atom. The number of rotatable bonds is 10. The molecule has 45 heavy (non-hydrogen) atoms. The second kappa shape index (κ2) is 12.6. The van der Waals surface area contributed by atoms with E-state index < -0.39 is 40.7 Å². The van der Waals surface area contributed by atoms with Crippen LogP contribution >= 0.6 is 0 Å². The second-order valence-electron chi connectivity index (χ2n) is 13.5. The van der Waals surface area contributed by atoms with Gasteiger partial charge in [0.25, 0.3) is 17.4 Å². The van der Waals surface area contributed by atoms with Crippen LogP contribution in [0.1, 0.15) is 74.9 Å². The van der Waals surface area contributed by atoms with Crippen LogP contribution in [-0.4, -0.2) is 51.9 Å². The number of Topliss-reactive ketones (excluding diaryl/α,β-unsaturated/α-hetero) is 1. The zero-order valence-electron chi connectivity index (χ0n) is 26.3. The molecule has 5 unspecified atom stereocenters. The van der Waals surface area contributed by atoms with E-state index >= 15 is 0 Å².